The van der Waals surface area contributed by atoms with Crippen LogP contribution in [0.25, 0.3) is 0 Å². The van der Waals surface area contributed by atoms with Crippen LogP contribution in [0.2, 0.25) is 0 Å². The third kappa shape index (κ3) is 3.36. The minimum atomic E-state index is -0.958. The molecule has 20 heavy (non-hydrogen) atoms. The maximum absolute atomic E-state index is 10.8. The Bertz CT molecular complexity index is 605. The van der Waals surface area contributed by atoms with Crippen LogP contribution < -0.4 is 4.74 Å². The SMILES string of the molecule is COCc1cc(COc2ccc(C(=O)O)cc2C)no1. The van der Waals surface area contributed by atoms with E-state index in [2.05, 4.69) is 5.16 Å². The number of hydrogen-bond donors (Lipinski definition) is 1. The minimum absolute atomic E-state index is 0.235. The summed E-state index contributed by atoms with van der Waals surface area (Å²) in [6.45, 7) is 2.40. The van der Waals surface area contributed by atoms with Crippen LogP contribution in [-0.2, 0) is 18.0 Å². The third-order valence-corrected chi connectivity index (χ3v) is 2.69. The largest absolute Gasteiger partial charge is 0.487 e. The lowest BCUT2D eigenvalue weighted by atomic mass is 10.1. The zero-order chi connectivity index (χ0) is 14.5. The summed E-state index contributed by atoms with van der Waals surface area (Å²) in [5, 5.41) is 12.7. The van der Waals surface area contributed by atoms with Crippen molar-refractivity contribution in [1.29, 1.82) is 0 Å². The summed E-state index contributed by atoms with van der Waals surface area (Å²) < 4.78 is 15.6. The molecule has 0 aliphatic rings. The molecule has 1 N–H and O–H groups in total. The van der Waals surface area contributed by atoms with Gasteiger partial charge in [0.1, 0.15) is 24.7 Å². The van der Waals surface area contributed by atoms with Crippen molar-refractivity contribution in [2.24, 2.45) is 0 Å². The second kappa shape index (κ2) is 6.21. The fourth-order valence-electron chi connectivity index (χ4n) is 1.73. The summed E-state index contributed by atoms with van der Waals surface area (Å²) in [6, 6.07) is 6.46. The summed E-state index contributed by atoms with van der Waals surface area (Å²) in [5.41, 5.74) is 1.64. The van der Waals surface area contributed by atoms with Crippen molar-refractivity contribution in [3.8, 4) is 5.75 Å². The van der Waals surface area contributed by atoms with E-state index in [0.29, 0.717) is 23.8 Å². The van der Waals surface area contributed by atoms with Crippen LogP contribution in [0.4, 0.5) is 0 Å². The Morgan fingerprint density at radius 3 is 2.80 bits per heavy atom. The molecule has 1 aromatic heterocycles. The van der Waals surface area contributed by atoms with E-state index in [4.69, 9.17) is 19.1 Å². The van der Waals surface area contributed by atoms with Crippen molar-refractivity contribution in [2.75, 3.05) is 7.11 Å². The number of carboxylic acids is 1. The van der Waals surface area contributed by atoms with E-state index < -0.39 is 5.97 Å². The average Bonchev–Trinajstić information content (AvgIpc) is 2.85. The number of aryl methyl sites for hydroxylation is 1. The predicted octanol–water partition coefficient (Wildman–Crippen LogP) is 2.41. The lowest BCUT2D eigenvalue weighted by Gasteiger charge is -2.07. The summed E-state index contributed by atoms with van der Waals surface area (Å²) >= 11 is 0. The van der Waals surface area contributed by atoms with Gasteiger partial charge >= 0.3 is 5.97 Å². The van der Waals surface area contributed by atoms with Gasteiger partial charge in [-0.05, 0) is 30.7 Å². The fraction of sp³-hybridized carbons (Fsp3) is 0.286. The number of rotatable bonds is 6. The van der Waals surface area contributed by atoms with Crippen LogP contribution >= 0.6 is 0 Å². The normalized spacial score (nSPS) is 10.5. The van der Waals surface area contributed by atoms with Crippen molar-refractivity contribution in [3.05, 3.63) is 46.8 Å². The van der Waals surface area contributed by atoms with Gasteiger partial charge in [0.2, 0.25) is 0 Å². The molecule has 6 nitrogen and oxygen atoms in total. The number of ether oxygens (including phenoxy) is 2. The Labute approximate surface area is 115 Å². The van der Waals surface area contributed by atoms with E-state index in [0.717, 1.165) is 5.56 Å². The van der Waals surface area contributed by atoms with Gasteiger partial charge < -0.3 is 19.1 Å². The van der Waals surface area contributed by atoms with Crippen molar-refractivity contribution < 1.29 is 23.9 Å². The third-order valence-electron chi connectivity index (χ3n) is 2.69. The van der Waals surface area contributed by atoms with Crippen LogP contribution in [0, 0.1) is 6.92 Å². The van der Waals surface area contributed by atoms with E-state index in [1.54, 1.807) is 32.2 Å². The Balaban J connectivity index is 2.01. The molecule has 0 fully saturated rings. The van der Waals surface area contributed by atoms with Gasteiger partial charge in [0.15, 0.2) is 5.76 Å². The molecule has 0 bridgehead atoms. The van der Waals surface area contributed by atoms with Gasteiger partial charge in [-0.2, -0.15) is 0 Å². The highest BCUT2D eigenvalue weighted by atomic mass is 16.5. The van der Waals surface area contributed by atoms with Gasteiger partial charge in [-0.1, -0.05) is 5.16 Å². The molecule has 106 valence electrons. The number of carbonyl (C=O) groups is 1. The molecule has 0 amide bonds. The van der Waals surface area contributed by atoms with Gasteiger partial charge in [-0.25, -0.2) is 4.79 Å². The summed E-state index contributed by atoms with van der Waals surface area (Å²) in [5.74, 6) is 0.288. The maximum Gasteiger partial charge on any atom is 0.335 e. The van der Waals surface area contributed by atoms with Crippen molar-refractivity contribution in [3.63, 3.8) is 0 Å². The van der Waals surface area contributed by atoms with Crippen LogP contribution in [0.1, 0.15) is 27.4 Å². The molecule has 0 unspecified atom stereocenters. The van der Waals surface area contributed by atoms with Crippen LogP contribution in [0.15, 0.2) is 28.8 Å². The first kappa shape index (κ1) is 14.1. The Morgan fingerprint density at radius 2 is 2.15 bits per heavy atom. The Kier molecular flexibility index (Phi) is 4.37. The topological polar surface area (TPSA) is 81.8 Å². The zero-order valence-corrected chi connectivity index (χ0v) is 11.3. The number of aromatic nitrogens is 1. The summed E-state index contributed by atoms with van der Waals surface area (Å²) in [7, 11) is 1.58. The lowest BCUT2D eigenvalue weighted by molar-refractivity contribution is 0.0696. The molecule has 1 heterocycles. The highest BCUT2D eigenvalue weighted by Crippen LogP contribution is 2.20. The number of carboxylic acid groups (broad SMARTS) is 1. The number of nitrogens with zero attached hydrogens (tertiary/aromatic N) is 1. The molecule has 1 aromatic carbocycles. The molecule has 0 aliphatic carbocycles. The first-order valence-corrected chi connectivity index (χ1v) is 6.00. The van der Waals surface area contributed by atoms with Crippen molar-refractivity contribution >= 4 is 5.97 Å². The standard InChI is InChI=1S/C14H15NO5/c1-9-5-10(14(16)17)3-4-13(9)19-7-11-6-12(8-18-2)20-15-11/h3-6H,7-8H2,1-2H3,(H,16,17). The second-order valence-electron chi connectivity index (χ2n) is 4.29. The molecule has 0 spiro atoms. The quantitative estimate of drug-likeness (QED) is 0.873. The fourth-order valence-corrected chi connectivity index (χ4v) is 1.73. The molecule has 0 saturated heterocycles. The van der Waals surface area contributed by atoms with Gasteiger partial charge in [-0.3, -0.25) is 0 Å². The molecule has 2 aromatic rings. The summed E-state index contributed by atoms with van der Waals surface area (Å²) in [6.07, 6.45) is 0. The minimum Gasteiger partial charge on any atom is -0.487 e. The number of methoxy groups -OCH3 is 1. The maximum atomic E-state index is 10.8. The van der Waals surface area contributed by atoms with Crippen molar-refractivity contribution in [2.45, 2.75) is 20.1 Å². The van der Waals surface area contributed by atoms with E-state index in [1.165, 1.54) is 6.07 Å². The first-order chi connectivity index (χ1) is 9.60. The molecule has 0 atom stereocenters. The number of benzene rings is 1. The van der Waals surface area contributed by atoms with Gasteiger partial charge in [0.25, 0.3) is 0 Å². The summed E-state index contributed by atoms with van der Waals surface area (Å²) in [4.78, 5) is 10.8. The zero-order valence-electron chi connectivity index (χ0n) is 11.3. The molecule has 6 heteroatoms. The molecule has 0 radical (unpaired) electrons. The highest BCUT2D eigenvalue weighted by molar-refractivity contribution is 5.88. The average molecular weight is 277 g/mol. The van der Waals surface area contributed by atoms with Crippen LogP contribution in [-0.4, -0.2) is 23.3 Å². The Hall–Kier alpha value is -2.34. The monoisotopic (exact) mass is 277 g/mol. The van der Waals surface area contributed by atoms with E-state index >= 15 is 0 Å². The Morgan fingerprint density at radius 1 is 1.35 bits per heavy atom. The smallest absolute Gasteiger partial charge is 0.335 e. The van der Waals surface area contributed by atoms with Gasteiger partial charge in [0.05, 0.1) is 5.56 Å². The lowest BCUT2D eigenvalue weighted by Crippen LogP contribution is -2.00. The van der Waals surface area contributed by atoms with Crippen molar-refractivity contribution in [1.82, 2.24) is 5.16 Å². The molecular weight excluding hydrogens is 262 g/mol. The first-order valence-electron chi connectivity index (χ1n) is 6.00. The van der Waals surface area contributed by atoms with E-state index in [1.807, 2.05) is 0 Å². The van der Waals surface area contributed by atoms with Gasteiger partial charge in [0, 0.05) is 13.2 Å². The number of hydrogen-bond acceptors (Lipinski definition) is 5. The van der Waals surface area contributed by atoms with E-state index in [-0.39, 0.29) is 12.2 Å². The van der Waals surface area contributed by atoms with Crippen LogP contribution in [0.5, 0.6) is 5.75 Å². The second-order valence-corrected chi connectivity index (χ2v) is 4.29. The predicted molar refractivity (Wildman–Crippen MR) is 69.7 cm³/mol. The number of aromatic carboxylic acids is 1. The molecule has 2 rings (SSSR count). The van der Waals surface area contributed by atoms with Crippen LogP contribution in [0.3, 0.4) is 0 Å². The highest BCUT2D eigenvalue weighted by Gasteiger charge is 2.08. The molecular formula is C14H15NO5. The molecule has 0 aliphatic heterocycles. The van der Waals surface area contributed by atoms with E-state index in [9.17, 15) is 4.79 Å². The van der Waals surface area contributed by atoms with Gasteiger partial charge in [-0.15, -0.1) is 0 Å². The molecule has 0 saturated carbocycles.